The first-order valence-corrected chi connectivity index (χ1v) is 6.52. The van der Waals surface area contributed by atoms with Crippen molar-refractivity contribution in [2.75, 3.05) is 0 Å². The maximum atomic E-state index is 9.77. The highest BCUT2D eigenvalue weighted by Crippen LogP contribution is 2.28. The summed E-state index contributed by atoms with van der Waals surface area (Å²) >= 11 is 0. The molecule has 0 aromatic heterocycles. The van der Waals surface area contributed by atoms with Crippen molar-refractivity contribution >= 4 is 0 Å². The van der Waals surface area contributed by atoms with Crippen molar-refractivity contribution in [2.24, 2.45) is 5.92 Å². The van der Waals surface area contributed by atoms with Crippen molar-refractivity contribution in [2.45, 2.75) is 77.2 Å². The van der Waals surface area contributed by atoms with Crippen LogP contribution in [-0.2, 0) is 0 Å². The Morgan fingerprint density at radius 2 is 1.71 bits per heavy atom. The summed E-state index contributed by atoms with van der Waals surface area (Å²) in [5.41, 5.74) is 0. The Bertz CT molecular complexity index is 133. The highest BCUT2D eigenvalue weighted by Gasteiger charge is 2.21. The summed E-state index contributed by atoms with van der Waals surface area (Å²) in [6, 6.07) is 0. The molecule has 2 atom stereocenters. The first-order valence-electron chi connectivity index (χ1n) is 6.52. The van der Waals surface area contributed by atoms with Gasteiger partial charge in [0.25, 0.3) is 0 Å². The molecule has 1 rings (SSSR count). The van der Waals surface area contributed by atoms with Crippen LogP contribution in [0.15, 0.2) is 0 Å². The molecule has 0 heterocycles. The summed E-state index contributed by atoms with van der Waals surface area (Å²) in [7, 11) is 0. The number of hydrogen-bond acceptors (Lipinski definition) is 1. The highest BCUT2D eigenvalue weighted by atomic mass is 16.3. The second kappa shape index (κ2) is 7.28. The maximum absolute atomic E-state index is 9.77. The number of aliphatic hydroxyl groups excluding tert-OH is 1. The van der Waals surface area contributed by atoms with Crippen molar-refractivity contribution in [3.05, 3.63) is 0 Å². The predicted molar refractivity (Wildman–Crippen MR) is 61.3 cm³/mol. The van der Waals surface area contributed by atoms with Crippen molar-refractivity contribution in [3.63, 3.8) is 0 Å². The highest BCUT2D eigenvalue weighted by molar-refractivity contribution is 4.74. The molecule has 0 bridgehead atoms. The molecule has 0 aromatic rings. The molecule has 1 N–H and O–H groups in total. The molecule has 0 amide bonds. The summed E-state index contributed by atoms with van der Waals surface area (Å²) in [6.45, 7) is 2.25. The van der Waals surface area contributed by atoms with Crippen LogP contribution in [0, 0.1) is 5.92 Å². The summed E-state index contributed by atoms with van der Waals surface area (Å²) in [4.78, 5) is 0. The van der Waals surface area contributed by atoms with Crippen LogP contribution in [0.5, 0.6) is 0 Å². The van der Waals surface area contributed by atoms with Crippen molar-refractivity contribution in [1.29, 1.82) is 0 Å². The molecule has 0 aliphatic heterocycles. The Morgan fingerprint density at radius 3 is 2.43 bits per heavy atom. The minimum atomic E-state index is 0.0231. The molecular weight excluding hydrogens is 172 g/mol. The molecule has 1 saturated carbocycles. The lowest BCUT2D eigenvalue weighted by Gasteiger charge is -2.27. The molecule has 1 fully saturated rings. The third-order valence-corrected chi connectivity index (χ3v) is 3.55. The molecule has 84 valence electrons. The third-order valence-electron chi connectivity index (χ3n) is 3.55. The van der Waals surface area contributed by atoms with E-state index < -0.39 is 0 Å². The number of hydrogen-bond donors (Lipinski definition) is 1. The monoisotopic (exact) mass is 198 g/mol. The van der Waals surface area contributed by atoms with Gasteiger partial charge in [-0.2, -0.15) is 0 Å². The largest absolute Gasteiger partial charge is 0.393 e. The van der Waals surface area contributed by atoms with Crippen molar-refractivity contribution < 1.29 is 5.11 Å². The summed E-state index contributed by atoms with van der Waals surface area (Å²) < 4.78 is 0. The average Bonchev–Trinajstić information content (AvgIpc) is 2.20. The van der Waals surface area contributed by atoms with Crippen LogP contribution in [0.25, 0.3) is 0 Å². The zero-order valence-electron chi connectivity index (χ0n) is 9.67. The van der Waals surface area contributed by atoms with E-state index in [4.69, 9.17) is 0 Å². The van der Waals surface area contributed by atoms with Crippen LogP contribution < -0.4 is 0 Å². The standard InChI is InChI=1S/C13H26O/c1-2-3-4-5-6-9-12-10-7-8-11-13(12)14/h12-14H,2-11H2,1H3/t12-,13+/m1/s1. The Morgan fingerprint density at radius 1 is 1.00 bits per heavy atom. The van der Waals surface area contributed by atoms with Gasteiger partial charge in [-0.1, -0.05) is 51.9 Å². The normalized spacial score (nSPS) is 27.9. The van der Waals surface area contributed by atoms with Crippen LogP contribution in [0.4, 0.5) is 0 Å². The lowest BCUT2D eigenvalue weighted by molar-refractivity contribution is 0.0639. The van der Waals surface area contributed by atoms with Gasteiger partial charge < -0.3 is 5.11 Å². The van der Waals surface area contributed by atoms with Gasteiger partial charge in [-0.25, -0.2) is 0 Å². The van der Waals surface area contributed by atoms with Gasteiger partial charge in [-0.3, -0.25) is 0 Å². The van der Waals surface area contributed by atoms with Gasteiger partial charge in [0.1, 0.15) is 0 Å². The van der Waals surface area contributed by atoms with Gasteiger partial charge in [-0.15, -0.1) is 0 Å². The molecule has 1 heteroatoms. The smallest absolute Gasteiger partial charge is 0.0568 e. The zero-order valence-corrected chi connectivity index (χ0v) is 9.67. The molecule has 0 radical (unpaired) electrons. The Hall–Kier alpha value is -0.0400. The van der Waals surface area contributed by atoms with Gasteiger partial charge in [0.05, 0.1) is 6.10 Å². The van der Waals surface area contributed by atoms with E-state index in [0.29, 0.717) is 5.92 Å². The minimum absolute atomic E-state index is 0.0231. The molecule has 0 aromatic carbocycles. The van der Waals surface area contributed by atoms with Crippen LogP contribution in [0.3, 0.4) is 0 Å². The fraction of sp³-hybridized carbons (Fsp3) is 1.00. The van der Waals surface area contributed by atoms with Crippen LogP contribution in [0.1, 0.15) is 71.1 Å². The molecule has 1 aliphatic carbocycles. The SMILES string of the molecule is CCCCCCC[C@@H]1CCCC[C@@H]1O. The van der Waals surface area contributed by atoms with Gasteiger partial charge in [0, 0.05) is 0 Å². The molecule has 0 unspecified atom stereocenters. The molecule has 0 saturated heterocycles. The van der Waals surface area contributed by atoms with Crippen molar-refractivity contribution in [3.8, 4) is 0 Å². The number of rotatable bonds is 6. The van der Waals surface area contributed by atoms with E-state index in [1.807, 2.05) is 0 Å². The molecular formula is C13H26O. The quantitative estimate of drug-likeness (QED) is 0.642. The van der Waals surface area contributed by atoms with Crippen LogP contribution in [-0.4, -0.2) is 11.2 Å². The van der Waals surface area contributed by atoms with E-state index in [1.54, 1.807) is 0 Å². The maximum Gasteiger partial charge on any atom is 0.0568 e. The van der Waals surface area contributed by atoms with E-state index in [0.717, 1.165) is 6.42 Å². The second-order valence-electron chi connectivity index (χ2n) is 4.81. The van der Waals surface area contributed by atoms with Gasteiger partial charge in [0.15, 0.2) is 0 Å². The third kappa shape index (κ3) is 4.45. The van der Waals surface area contributed by atoms with E-state index in [1.165, 1.54) is 57.8 Å². The fourth-order valence-electron chi connectivity index (χ4n) is 2.53. The topological polar surface area (TPSA) is 20.2 Å². The molecule has 1 nitrogen and oxygen atoms in total. The van der Waals surface area contributed by atoms with Crippen LogP contribution >= 0.6 is 0 Å². The number of unbranched alkanes of at least 4 members (excludes halogenated alkanes) is 4. The Kier molecular flexibility index (Phi) is 6.25. The lowest BCUT2D eigenvalue weighted by atomic mass is 9.83. The second-order valence-corrected chi connectivity index (χ2v) is 4.81. The van der Waals surface area contributed by atoms with Gasteiger partial charge in [0.2, 0.25) is 0 Å². The Labute approximate surface area is 88.9 Å². The fourth-order valence-corrected chi connectivity index (χ4v) is 2.53. The van der Waals surface area contributed by atoms with E-state index >= 15 is 0 Å². The summed E-state index contributed by atoms with van der Waals surface area (Å²) in [6.07, 6.45) is 13.0. The first-order chi connectivity index (χ1) is 6.84. The lowest BCUT2D eigenvalue weighted by Crippen LogP contribution is -2.24. The molecule has 14 heavy (non-hydrogen) atoms. The van der Waals surface area contributed by atoms with Crippen molar-refractivity contribution in [1.82, 2.24) is 0 Å². The number of aliphatic hydroxyl groups is 1. The predicted octanol–water partition coefficient (Wildman–Crippen LogP) is 3.90. The van der Waals surface area contributed by atoms with Gasteiger partial charge in [-0.05, 0) is 25.2 Å². The molecule has 0 spiro atoms. The minimum Gasteiger partial charge on any atom is -0.393 e. The molecule has 1 aliphatic rings. The van der Waals surface area contributed by atoms with E-state index in [9.17, 15) is 5.11 Å². The average molecular weight is 198 g/mol. The van der Waals surface area contributed by atoms with Gasteiger partial charge >= 0.3 is 0 Å². The first kappa shape index (κ1) is 12.0. The Balaban J connectivity index is 1.99. The van der Waals surface area contributed by atoms with E-state index in [-0.39, 0.29) is 6.10 Å². The zero-order chi connectivity index (χ0) is 10.2. The summed E-state index contributed by atoms with van der Waals surface area (Å²) in [5.74, 6) is 0.630. The van der Waals surface area contributed by atoms with E-state index in [2.05, 4.69) is 6.92 Å². The van der Waals surface area contributed by atoms with Crippen LogP contribution in [0.2, 0.25) is 0 Å². The summed E-state index contributed by atoms with van der Waals surface area (Å²) in [5, 5.41) is 9.77.